The Bertz CT molecular complexity index is 954. The van der Waals surface area contributed by atoms with Gasteiger partial charge in [0.2, 0.25) is 5.91 Å². The van der Waals surface area contributed by atoms with Gasteiger partial charge in [0, 0.05) is 19.4 Å². The largest absolute Gasteiger partial charge is 0.472 e. The average molecular weight is 756 g/mol. The Labute approximate surface area is 318 Å². The predicted octanol–water partition coefficient (Wildman–Crippen LogP) is 11.4. The number of hydrogen-bond donors (Lipinski definition) is 3. The Morgan fingerprint density at radius 2 is 1.10 bits per heavy atom. The summed E-state index contributed by atoms with van der Waals surface area (Å²) in [5, 5.41) is 12.7. The summed E-state index contributed by atoms with van der Waals surface area (Å²) < 4.78 is 26.8. The molecule has 0 radical (unpaired) electrons. The normalized spacial score (nSPS) is 13.7. The first-order valence-corrected chi connectivity index (χ1v) is 22.5. The number of rotatable bonds is 39. The van der Waals surface area contributed by atoms with E-state index in [1.807, 2.05) is 0 Å². The van der Waals surface area contributed by atoms with E-state index in [-0.39, 0.29) is 32.1 Å². The summed E-state index contributed by atoms with van der Waals surface area (Å²) in [6, 6.07) is 0. The van der Waals surface area contributed by atoms with Crippen LogP contribution in [0.1, 0.15) is 187 Å². The first-order chi connectivity index (χ1) is 25.3. The van der Waals surface area contributed by atoms with Crippen molar-refractivity contribution >= 4 is 19.7 Å². The van der Waals surface area contributed by atoms with Gasteiger partial charge in [0.25, 0.3) is 0 Å². The van der Waals surface area contributed by atoms with Gasteiger partial charge in [-0.2, -0.15) is 0 Å². The highest BCUT2D eigenvalue weighted by Crippen LogP contribution is 2.42. The molecule has 0 spiro atoms. The fourth-order valence-electron chi connectivity index (χ4n) is 5.69. The Hall–Kier alpha value is -1.77. The Balaban J connectivity index is 3.61. The van der Waals surface area contributed by atoms with E-state index < -0.39 is 26.5 Å². The lowest BCUT2D eigenvalue weighted by Crippen LogP contribution is -2.27. The van der Waals surface area contributed by atoms with Crippen LogP contribution in [0.4, 0.5) is 0 Å². The maximum atomic E-state index is 12.1. The second-order valence-electron chi connectivity index (χ2n) is 13.9. The minimum atomic E-state index is -4.42. The summed E-state index contributed by atoms with van der Waals surface area (Å²) in [6.07, 6.45) is 42.2. The molecule has 304 valence electrons. The predicted molar refractivity (Wildman–Crippen MR) is 215 cm³/mol. The van der Waals surface area contributed by atoms with Crippen molar-refractivity contribution in [3.05, 3.63) is 36.5 Å². The summed E-state index contributed by atoms with van der Waals surface area (Å²) in [5.41, 5.74) is 0. The summed E-state index contributed by atoms with van der Waals surface area (Å²) in [5.74, 6) is -0.543. The maximum Gasteiger partial charge on any atom is 0.472 e. The zero-order chi connectivity index (χ0) is 38.2. The highest BCUT2D eigenvalue weighted by Gasteiger charge is 2.23. The van der Waals surface area contributed by atoms with Crippen LogP contribution < -0.4 is 5.32 Å². The number of hydrogen-bond acceptors (Lipinski definition) is 7. The lowest BCUT2D eigenvalue weighted by molar-refractivity contribution is -0.147. The maximum absolute atomic E-state index is 12.1. The van der Waals surface area contributed by atoms with Crippen molar-refractivity contribution in [1.82, 2.24) is 5.32 Å². The Morgan fingerprint density at radius 1 is 0.615 bits per heavy atom. The fraction of sp³-hybridized carbons (Fsp3) is 0.810. The highest BCUT2D eigenvalue weighted by atomic mass is 31.2. The second kappa shape index (κ2) is 38.9. The van der Waals surface area contributed by atoms with Crippen LogP contribution >= 0.6 is 7.82 Å². The van der Waals surface area contributed by atoms with Crippen LogP contribution in [0.3, 0.4) is 0 Å². The van der Waals surface area contributed by atoms with Crippen molar-refractivity contribution in [2.75, 3.05) is 26.4 Å². The molecule has 10 heteroatoms. The van der Waals surface area contributed by atoms with Crippen molar-refractivity contribution in [2.45, 2.75) is 193 Å². The first-order valence-electron chi connectivity index (χ1n) is 21.0. The van der Waals surface area contributed by atoms with E-state index in [2.05, 4.69) is 55.6 Å². The second-order valence-corrected chi connectivity index (χ2v) is 15.4. The minimum absolute atomic E-state index is 0.0663. The molecule has 0 aliphatic rings. The van der Waals surface area contributed by atoms with Gasteiger partial charge < -0.3 is 20.1 Å². The summed E-state index contributed by atoms with van der Waals surface area (Å²) in [6.45, 7) is 3.41. The number of allylic oxidation sites excluding steroid dienone is 6. The van der Waals surface area contributed by atoms with Crippen LogP contribution in [-0.2, 0) is 27.9 Å². The molecule has 0 saturated carbocycles. The SMILES string of the molecule is CC/C=C\C/C=C\C/C=C\CCCCCC(=O)NCCOP(=O)(O)OCC(O)COC(=O)CCCCCCCCCCCCCCCCCCCC. The van der Waals surface area contributed by atoms with E-state index in [1.165, 1.54) is 96.3 Å². The van der Waals surface area contributed by atoms with Gasteiger partial charge in [-0.05, 0) is 44.9 Å². The van der Waals surface area contributed by atoms with E-state index in [4.69, 9.17) is 13.8 Å². The van der Waals surface area contributed by atoms with E-state index in [1.54, 1.807) is 0 Å². The quantitative estimate of drug-likeness (QED) is 0.0244. The third-order valence-electron chi connectivity index (χ3n) is 8.83. The van der Waals surface area contributed by atoms with Crippen LogP contribution in [0.5, 0.6) is 0 Å². The van der Waals surface area contributed by atoms with Gasteiger partial charge in [0.15, 0.2) is 0 Å². The molecule has 3 N–H and O–H groups in total. The van der Waals surface area contributed by atoms with Crippen molar-refractivity contribution in [1.29, 1.82) is 0 Å². The summed E-state index contributed by atoms with van der Waals surface area (Å²) in [4.78, 5) is 33.8. The molecule has 0 bridgehead atoms. The molecule has 0 aliphatic heterocycles. The topological polar surface area (TPSA) is 131 Å². The third kappa shape index (κ3) is 39.4. The number of ether oxygens (including phenoxy) is 1. The lowest BCUT2D eigenvalue weighted by atomic mass is 10.0. The smallest absolute Gasteiger partial charge is 0.463 e. The molecule has 0 heterocycles. The number of carbonyl (C=O) groups excluding carboxylic acids is 2. The molecule has 1 amide bonds. The number of amides is 1. The minimum Gasteiger partial charge on any atom is -0.463 e. The molecule has 0 fully saturated rings. The van der Waals surface area contributed by atoms with Crippen LogP contribution in [-0.4, -0.2) is 54.3 Å². The third-order valence-corrected chi connectivity index (χ3v) is 9.82. The van der Waals surface area contributed by atoms with Crippen molar-refractivity contribution in [3.8, 4) is 0 Å². The number of esters is 1. The van der Waals surface area contributed by atoms with E-state index in [9.17, 15) is 24.2 Å². The van der Waals surface area contributed by atoms with Gasteiger partial charge in [-0.3, -0.25) is 18.6 Å². The molecule has 0 aliphatic carbocycles. The number of phosphoric acid groups is 1. The zero-order valence-corrected chi connectivity index (χ0v) is 34.1. The van der Waals surface area contributed by atoms with Gasteiger partial charge in [0.1, 0.15) is 12.7 Å². The molecule has 0 rings (SSSR count). The number of unbranched alkanes of at least 4 members (excludes halogenated alkanes) is 20. The monoisotopic (exact) mass is 756 g/mol. The van der Waals surface area contributed by atoms with Gasteiger partial charge in [0.05, 0.1) is 13.2 Å². The van der Waals surface area contributed by atoms with Gasteiger partial charge >= 0.3 is 13.8 Å². The number of nitrogens with one attached hydrogen (secondary N) is 1. The Morgan fingerprint density at radius 3 is 1.65 bits per heavy atom. The van der Waals surface area contributed by atoms with Crippen molar-refractivity contribution in [3.63, 3.8) is 0 Å². The standard InChI is InChI=1S/C42H78NO8P/c1-3-5-7-9-11-13-15-17-18-19-20-21-23-25-27-29-31-33-35-42(46)49-38-40(44)39-51-52(47,48)50-37-36-43-41(45)34-32-30-28-26-24-22-16-14-12-10-8-6-4-2/h6,8,12,14,22,24,40,44H,3-5,7,9-11,13,15-21,23,25-39H2,1-2H3,(H,43,45)(H,47,48)/b8-6-,14-12-,24-22-. The summed E-state index contributed by atoms with van der Waals surface area (Å²) >= 11 is 0. The molecule has 9 nitrogen and oxygen atoms in total. The summed E-state index contributed by atoms with van der Waals surface area (Å²) in [7, 11) is -4.42. The average Bonchev–Trinajstić information content (AvgIpc) is 3.13. The molecule has 0 aromatic heterocycles. The molecule has 52 heavy (non-hydrogen) atoms. The molecule has 0 saturated heterocycles. The van der Waals surface area contributed by atoms with E-state index in [0.29, 0.717) is 6.42 Å². The van der Waals surface area contributed by atoms with Crippen LogP contribution in [0, 0.1) is 0 Å². The van der Waals surface area contributed by atoms with Crippen molar-refractivity contribution in [2.24, 2.45) is 0 Å². The first kappa shape index (κ1) is 50.2. The van der Waals surface area contributed by atoms with Gasteiger partial charge in [-0.25, -0.2) is 4.57 Å². The number of phosphoric ester groups is 1. The van der Waals surface area contributed by atoms with Gasteiger partial charge in [-0.15, -0.1) is 0 Å². The zero-order valence-electron chi connectivity index (χ0n) is 33.3. The molecule has 2 unspecified atom stereocenters. The van der Waals surface area contributed by atoms with Crippen LogP contribution in [0.2, 0.25) is 0 Å². The van der Waals surface area contributed by atoms with Gasteiger partial charge in [-0.1, -0.05) is 166 Å². The van der Waals surface area contributed by atoms with Crippen LogP contribution in [0.25, 0.3) is 0 Å². The molecule has 2 atom stereocenters. The molecular weight excluding hydrogens is 677 g/mol. The number of aliphatic hydroxyl groups excluding tert-OH is 1. The molecular formula is C42H78NO8P. The fourth-order valence-corrected chi connectivity index (χ4v) is 6.45. The highest BCUT2D eigenvalue weighted by molar-refractivity contribution is 7.47. The van der Waals surface area contributed by atoms with Crippen molar-refractivity contribution < 1.29 is 37.9 Å². The molecule has 0 aromatic carbocycles. The lowest BCUT2D eigenvalue weighted by Gasteiger charge is -2.15. The molecule has 0 aromatic rings. The van der Waals surface area contributed by atoms with E-state index >= 15 is 0 Å². The number of carbonyl (C=O) groups is 2. The Kier molecular flexibility index (Phi) is 37.6. The van der Waals surface area contributed by atoms with E-state index in [0.717, 1.165) is 64.2 Å². The van der Waals surface area contributed by atoms with Crippen LogP contribution in [0.15, 0.2) is 36.5 Å². The number of aliphatic hydroxyl groups is 1.